The van der Waals surface area contributed by atoms with Crippen molar-refractivity contribution in [2.45, 2.75) is 18.9 Å². The molecule has 0 aliphatic carbocycles. The van der Waals surface area contributed by atoms with Gasteiger partial charge in [0.15, 0.2) is 11.5 Å². The molecule has 8 heteroatoms. The van der Waals surface area contributed by atoms with Gasteiger partial charge in [-0.3, -0.25) is 4.79 Å². The Balaban J connectivity index is 1.41. The van der Waals surface area contributed by atoms with Crippen LogP contribution in [0.1, 0.15) is 12.8 Å². The van der Waals surface area contributed by atoms with E-state index in [-0.39, 0.29) is 17.8 Å². The van der Waals surface area contributed by atoms with Crippen molar-refractivity contribution in [2.75, 3.05) is 30.4 Å². The molecule has 2 heterocycles. The maximum absolute atomic E-state index is 13.0. The lowest BCUT2D eigenvalue weighted by atomic mass is 10.2. The van der Waals surface area contributed by atoms with E-state index in [9.17, 15) is 14.0 Å². The van der Waals surface area contributed by atoms with E-state index in [2.05, 4.69) is 10.6 Å². The van der Waals surface area contributed by atoms with Crippen molar-refractivity contribution in [2.24, 2.45) is 0 Å². The fraction of sp³-hybridized carbons (Fsp3) is 0.300. The Bertz CT molecular complexity index is 888. The average molecular weight is 385 g/mol. The SMILES string of the molecule is O=C(Nc1ccc2c(c1)OCCO2)[C@H]1CCCN1C(=O)Nc1ccc(F)cc1. The third kappa shape index (κ3) is 3.85. The van der Waals surface area contributed by atoms with Crippen molar-refractivity contribution in [3.8, 4) is 11.5 Å². The normalized spacial score (nSPS) is 17.9. The number of ether oxygens (including phenoxy) is 2. The third-order valence-corrected chi connectivity index (χ3v) is 4.72. The predicted octanol–water partition coefficient (Wildman–Crippen LogP) is 3.23. The van der Waals surface area contributed by atoms with Gasteiger partial charge in [0.05, 0.1) is 0 Å². The highest BCUT2D eigenvalue weighted by atomic mass is 19.1. The number of hydrogen-bond donors (Lipinski definition) is 2. The number of anilines is 2. The van der Waals surface area contributed by atoms with E-state index >= 15 is 0 Å². The molecule has 2 aromatic rings. The van der Waals surface area contributed by atoms with E-state index in [1.807, 2.05) is 0 Å². The maximum Gasteiger partial charge on any atom is 0.322 e. The van der Waals surface area contributed by atoms with Crippen LogP contribution in [0.2, 0.25) is 0 Å². The standard InChI is InChI=1S/C20H20FN3O4/c21-13-3-5-14(6-4-13)23-20(26)24-9-1-2-16(24)19(25)22-15-7-8-17-18(12-15)28-11-10-27-17/h3-8,12,16H,1-2,9-11H2,(H,22,25)(H,23,26)/t16-/m1/s1. The second-order valence-corrected chi connectivity index (χ2v) is 6.64. The second-order valence-electron chi connectivity index (χ2n) is 6.64. The molecular formula is C20H20FN3O4. The number of urea groups is 1. The van der Waals surface area contributed by atoms with E-state index in [1.165, 1.54) is 29.2 Å². The minimum atomic E-state index is -0.575. The molecule has 0 radical (unpaired) electrons. The van der Waals surface area contributed by atoms with E-state index in [0.29, 0.717) is 49.1 Å². The lowest BCUT2D eigenvalue weighted by molar-refractivity contribution is -0.119. The van der Waals surface area contributed by atoms with Gasteiger partial charge in [-0.25, -0.2) is 9.18 Å². The highest BCUT2D eigenvalue weighted by Gasteiger charge is 2.34. The lowest BCUT2D eigenvalue weighted by Crippen LogP contribution is -2.45. The molecule has 4 rings (SSSR count). The Morgan fingerprint density at radius 3 is 2.46 bits per heavy atom. The zero-order valence-electron chi connectivity index (χ0n) is 15.1. The molecule has 2 aliphatic heterocycles. The quantitative estimate of drug-likeness (QED) is 0.850. The summed E-state index contributed by atoms with van der Waals surface area (Å²) in [6.45, 7) is 1.44. The Kier molecular flexibility index (Phi) is 5.01. The topological polar surface area (TPSA) is 79.9 Å². The summed E-state index contributed by atoms with van der Waals surface area (Å²) in [5.41, 5.74) is 1.06. The van der Waals surface area contributed by atoms with Gasteiger partial charge < -0.3 is 25.0 Å². The fourth-order valence-electron chi connectivity index (χ4n) is 3.36. The van der Waals surface area contributed by atoms with Crippen molar-refractivity contribution in [3.05, 3.63) is 48.3 Å². The number of hydrogen-bond acceptors (Lipinski definition) is 4. The van der Waals surface area contributed by atoms with Gasteiger partial charge in [-0.05, 0) is 49.2 Å². The molecule has 2 N–H and O–H groups in total. The zero-order valence-corrected chi connectivity index (χ0v) is 15.1. The minimum Gasteiger partial charge on any atom is -0.486 e. The van der Waals surface area contributed by atoms with Gasteiger partial charge in [-0.1, -0.05) is 0 Å². The number of nitrogens with one attached hydrogen (secondary N) is 2. The first kappa shape index (κ1) is 18.1. The molecule has 2 aliphatic rings. The van der Waals surface area contributed by atoms with E-state index in [0.717, 1.165) is 6.42 Å². The monoisotopic (exact) mass is 385 g/mol. The van der Waals surface area contributed by atoms with Crippen LogP contribution in [0.25, 0.3) is 0 Å². The van der Waals surface area contributed by atoms with Gasteiger partial charge in [0.2, 0.25) is 5.91 Å². The molecule has 28 heavy (non-hydrogen) atoms. The van der Waals surface area contributed by atoms with Gasteiger partial charge in [0, 0.05) is 24.0 Å². The summed E-state index contributed by atoms with van der Waals surface area (Å²) in [6, 6.07) is 9.74. The summed E-state index contributed by atoms with van der Waals surface area (Å²) >= 11 is 0. The first-order valence-corrected chi connectivity index (χ1v) is 9.14. The number of carbonyl (C=O) groups excluding carboxylic acids is 2. The van der Waals surface area contributed by atoms with Crippen LogP contribution in [0.4, 0.5) is 20.6 Å². The molecule has 146 valence electrons. The van der Waals surface area contributed by atoms with E-state index in [1.54, 1.807) is 18.2 Å². The summed E-state index contributed by atoms with van der Waals surface area (Å²) in [6.07, 6.45) is 1.31. The van der Waals surface area contributed by atoms with Crippen molar-refractivity contribution in [3.63, 3.8) is 0 Å². The fourth-order valence-corrected chi connectivity index (χ4v) is 3.36. The molecule has 0 aromatic heterocycles. The molecule has 0 bridgehead atoms. The van der Waals surface area contributed by atoms with Crippen LogP contribution in [0.3, 0.4) is 0 Å². The van der Waals surface area contributed by atoms with Gasteiger partial charge in [-0.15, -0.1) is 0 Å². The first-order valence-electron chi connectivity index (χ1n) is 9.14. The summed E-state index contributed by atoms with van der Waals surface area (Å²) in [5.74, 6) is 0.589. The van der Waals surface area contributed by atoms with Crippen LogP contribution >= 0.6 is 0 Å². The minimum absolute atomic E-state index is 0.261. The average Bonchev–Trinajstić information content (AvgIpc) is 3.20. The summed E-state index contributed by atoms with van der Waals surface area (Å²) in [5, 5.41) is 5.55. The number of rotatable bonds is 3. The van der Waals surface area contributed by atoms with Gasteiger partial charge >= 0.3 is 6.03 Å². The summed E-state index contributed by atoms with van der Waals surface area (Å²) < 4.78 is 24.0. The third-order valence-electron chi connectivity index (χ3n) is 4.72. The molecule has 0 spiro atoms. The van der Waals surface area contributed by atoms with Crippen LogP contribution in [-0.4, -0.2) is 42.6 Å². The molecule has 1 atom stereocenters. The Labute approximate surface area is 161 Å². The molecule has 2 aromatic carbocycles. The smallest absolute Gasteiger partial charge is 0.322 e. The highest BCUT2D eigenvalue weighted by molar-refractivity contribution is 5.99. The van der Waals surface area contributed by atoms with Crippen molar-refractivity contribution >= 4 is 23.3 Å². The maximum atomic E-state index is 13.0. The number of benzene rings is 2. The van der Waals surface area contributed by atoms with Crippen molar-refractivity contribution in [1.82, 2.24) is 4.90 Å². The Hall–Kier alpha value is -3.29. The van der Waals surface area contributed by atoms with E-state index < -0.39 is 6.04 Å². The second kappa shape index (κ2) is 7.75. The molecule has 7 nitrogen and oxygen atoms in total. The Morgan fingerprint density at radius 1 is 0.964 bits per heavy atom. The summed E-state index contributed by atoms with van der Waals surface area (Å²) in [4.78, 5) is 26.8. The number of likely N-dealkylation sites (tertiary alicyclic amines) is 1. The molecule has 0 unspecified atom stereocenters. The Morgan fingerprint density at radius 2 is 1.68 bits per heavy atom. The van der Waals surface area contributed by atoms with Gasteiger partial charge in [0.25, 0.3) is 0 Å². The number of nitrogens with zero attached hydrogens (tertiary/aromatic N) is 1. The number of amides is 3. The first-order chi connectivity index (χ1) is 13.6. The molecule has 1 saturated heterocycles. The van der Waals surface area contributed by atoms with Crippen molar-refractivity contribution in [1.29, 1.82) is 0 Å². The lowest BCUT2D eigenvalue weighted by Gasteiger charge is -2.24. The number of halogens is 1. The number of carbonyl (C=O) groups is 2. The predicted molar refractivity (Wildman–Crippen MR) is 101 cm³/mol. The van der Waals surface area contributed by atoms with Crippen LogP contribution in [0.15, 0.2) is 42.5 Å². The molecule has 1 fully saturated rings. The largest absolute Gasteiger partial charge is 0.486 e. The van der Waals surface area contributed by atoms with Crippen molar-refractivity contribution < 1.29 is 23.5 Å². The van der Waals surface area contributed by atoms with Gasteiger partial charge in [0.1, 0.15) is 25.1 Å². The van der Waals surface area contributed by atoms with Gasteiger partial charge in [-0.2, -0.15) is 0 Å². The van der Waals surface area contributed by atoms with Crippen LogP contribution < -0.4 is 20.1 Å². The zero-order chi connectivity index (χ0) is 19.5. The van der Waals surface area contributed by atoms with Crippen LogP contribution in [-0.2, 0) is 4.79 Å². The highest BCUT2D eigenvalue weighted by Crippen LogP contribution is 2.33. The summed E-state index contributed by atoms with van der Waals surface area (Å²) in [7, 11) is 0. The van der Waals surface area contributed by atoms with E-state index in [4.69, 9.17) is 9.47 Å². The van der Waals surface area contributed by atoms with Crippen LogP contribution in [0, 0.1) is 5.82 Å². The molecule has 0 saturated carbocycles. The molecule has 3 amide bonds. The molecular weight excluding hydrogens is 365 g/mol. The number of fused-ring (bicyclic) bond motifs is 1. The van der Waals surface area contributed by atoms with Crippen LogP contribution in [0.5, 0.6) is 11.5 Å².